The van der Waals surface area contributed by atoms with Gasteiger partial charge in [0.15, 0.2) is 11.6 Å². The fourth-order valence-corrected chi connectivity index (χ4v) is 4.93. The topological polar surface area (TPSA) is 46.6 Å². The van der Waals surface area contributed by atoms with Crippen LogP contribution in [0.3, 0.4) is 0 Å². The molecule has 1 unspecified atom stereocenters. The Morgan fingerprint density at radius 2 is 1.85 bits per heavy atom. The number of nitrogens with zero attached hydrogens (tertiary/aromatic N) is 1. The summed E-state index contributed by atoms with van der Waals surface area (Å²) in [5, 5.41) is 0. The zero-order valence-electron chi connectivity index (χ0n) is 15.2. The smallest absolute Gasteiger partial charge is 0.243 e. The average molecular weight is 395 g/mol. The second kappa shape index (κ2) is 8.35. The van der Waals surface area contributed by atoms with Gasteiger partial charge in [-0.1, -0.05) is 18.6 Å². The van der Waals surface area contributed by atoms with E-state index in [1.165, 1.54) is 28.6 Å². The van der Waals surface area contributed by atoms with Crippen LogP contribution in [0.5, 0.6) is 5.75 Å². The van der Waals surface area contributed by atoms with Crippen LogP contribution in [0.25, 0.3) is 0 Å². The lowest BCUT2D eigenvalue weighted by Crippen LogP contribution is -2.34. The molecule has 0 N–H and O–H groups in total. The molecule has 0 aliphatic carbocycles. The lowest BCUT2D eigenvalue weighted by Gasteiger charge is -2.24. The quantitative estimate of drug-likeness (QED) is 0.757. The monoisotopic (exact) mass is 395 g/mol. The summed E-state index contributed by atoms with van der Waals surface area (Å²) in [7, 11) is -3.82. The van der Waals surface area contributed by atoms with Gasteiger partial charge in [0, 0.05) is 13.1 Å². The molecule has 2 aromatic carbocycles. The van der Waals surface area contributed by atoms with Crippen LogP contribution in [0, 0.1) is 11.6 Å². The van der Waals surface area contributed by atoms with E-state index in [0.717, 1.165) is 30.9 Å². The maximum atomic E-state index is 14.2. The molecule has 3 rings (SSSR count). The van der Waals surface area contributed by atoms with Gasteiger partial charge in [0.2, 0.25) is 10.0 Å². The Hall–Kier alpha value is -1.99. The lowest BCUT2D eigenvalue weighted by atomic mass is 9.95. The summed E-state index contributed by atoms with van der Waals surface area (Å²) in [5.74, 6) is -0.989. The van der Waals surface area contributed by atoms with E-state index in [1.54, 1.807) is 19.1 Å². The largest absolute Gasteiger partial charge is 0.491 e. The van der Waals surface area contributed by atoms with Crippen LogP contribution in [0.4, 0.5) is 8.78 Å². The molecule has 1 heterocycles. The summed E-state index contributed by atoms with van der Waals surface area (Å²) in [4.78, 5) is -0.0804. The number of hydrogen-bond acceptors (Lipinski definition) is 3. The minimum atomic E-state index is -3.82. The summed E-state index contributed by atoms with van der Waals surface area (Å²) in [6.45, 7) is 2.71. The molecular weight excluding hydrogens is 372 g/mol. The third-order valence-corrected chi connectivity index (χ3v) is 6.68. The van der Waals surface area contributed by atoms with E-state index in [0.29, 0.717) is 19.7 Å². The summed E-state index contributed by atoms with van der Waals surface area (Å²) in [5.41, 5.74) is 0.913. The van der Waals surface area contributed by atoms with Crippen molar-refractivity contribution < 1.29 is 21.9 Å². The molecule has 0 bridgehead atoms. The van der Waals surface area contributed by atoms with Gasteiger partial charge in [-0.3, -0.25) is 0 Å². The summed E-state index contributed by atoms with van der Waals surface area (Å²) in [6, 6.07) is 9.92. The van der Waals surface area contributed by atoms with E-state index in [-0.39, 0.29) is 22.4 Å². The summed E-state index contributed by atoms with van der Waals surface area (Å²) < 4.78 is 60.0. The first kappa shape index (κ1) is 19.8. The number of hydrogen-bond donors (Lipinski definition) is 0. The number of halogens is 2. The first-order valence-electron chi connectivity index (χ1n) is 9.09. The normalized spacial score (nSPS) is 18.9. The molecule has 1 aliphatic rings. The van der Waals surface area contributed by atoms with E-state index in [1.807, 2.05) is 0 Å². The van der Waals surface area contributed by atoms with Gasteiger partial charge < -0.3 is 4.74 Å². The Labute approximate surface area is 158 Å². The van der Waals surface area contributed by atoms with Crippen molar-refractivity contribution in [1.29, 1.82) is 0 Å². The zero-order chi connectivity index (χ0) is 19.4. The Kier molecular flexibility index (Phi) is 6.11. The summed E-state index contributed by atoms with van der Waals surface area (Å²) >= 11 is 0. The van der Waals surface area contributed by atoms with Gasteiger partial charge in [-0.05, 0) is 61.6 Å². The average Bonchev–Trinajstić information content (AvgIpc) is 2.91. The number of benzene rings is 2. The molecule has 1 fully saturated rings. The van der Waals surface area contributed by atoms with Gasteiger partial charge in [0.1, 0.15) is 5.82 Å². The predicted molar refractivity (Wildman–Crippen MR) is 99.3 cm³/mol. The highest BCUT2D eigenvalue weighted by Gasteiger charge is 2.30. The zero-order valence-corrected chi connectivity index (χ0v) is 16.0. The van der Waals surface area contributed by atoms with Crippen LogP contribution in [0.2, 0.25) is 0 Å². The highest BCUT2D eigenvalue weighted by molar-refractivity contribution is 7.89. The van der Waals surface area contributed by atoms with Gasteiger partial charge in [-0.2, -0.15) is 4.31 Å². The minimum Gasteiger partial charge on any atom is -0.491 e. The van der Waals surface area contributed by atoms with Crippen molar-refractivity contribution >= 4 is 10.0 Å². The molecule has 0 spiro atoms. The molecular formula is C20H23F2NO3S. The van der Waals surface area contributed by atoms with Crippen molar-refractivity contribution in [2.45, 2.75) is 37.0 Å². The van der Waals surface area contributed by atoms with E-state index in [4.69, 9.17) is 4.74 Å². The molecule has 2 aromatic rings. The first-order valence-corrected chi connectivity index (χ1v) is 10.5. The van der Waals surface area contributed by atoms with Crippen molar-refractivity contribution in [1.82, 2.24) is 4.31 Å². The molecule has 4 nitrogen and oxygen atoms in total. The van der Waals surface area contributed by atoms with Crippen molar-refractivity contribution in [3.8, 4) is 5.75 Å². The maximum Gasteiger partial charge on any atom is 0.243 e. The van der Waals surface area contributed by atoms with Crippen LogP contribution in [-0.4, -0.2) is 32.4 Å². The minimum absolute atomic E-state index is 0.0181. The van der Waals surface area contributed by atoms with Crippen molar-refractivity contribution in [2.24, 2.45) is 0 Å². The van der Waals surface area contributed by atoms with Gasteiger partial charge >= 0.3 is 0 Å². The molecule has 1 atom stereocenters. The molecule has 27 heavy (non-hydrogen) atoms. The summed E-state index contributed by atoms with van der Waals surface area (Å²) in [6.07, 6.45) is 2.44. The van der Waals surface area contributed by atoms with Gasteiger partial charge in [-0.15, -0.1) is 0 Å². The van der Waals surface area contributed by atoms with Crippen LogP contribution in [0.1, 0.15) is 37.7 Å². The second-order valence-corrected chi connectivity index (χ2v) is 8.57. The molecule has 0 amide bonds. The van der Waals surface area contributed by atoms with Crippen molar-refractivity contribution in [3.05, 3.63) is 59.7 Å². The highest BCUT2D eigenvalue weighted by Crippen LogP contribution is 2.31. The molecule has 1 saturated heterocycles. The SMILES string of the molecule is CCOc1ccc(S(=O)(=O)N2CCCCC(c3ccc(F)cc3)C2)cc1F. The van der Waals surface area contributed by atoms with Crippen LogP contribution < -0.4 is 4.74 Å². The maximum absolute atomic E-state index is 14.2. The fourth-order valence-electron chi connectivity index (χ4n) is 3.40. The predicted octanol–water partition coefficient (Wildman–Crippen LogP) is 4.32. The Bertz CT molecular complexity index is 885. The van der Waals surface area contributed by atoms with Crippen molar-refractivity contribution in [2.75, 3.05) is 19.7 Å². The number of rotatable bonds is 5. The Morgan fingerprint density at radius 1 is 1.11 bits per heavy atom. The second-order valence-electron chi connectivity index (χ2n) is 6.63. The Balaban J connectivity index is 1.86. The molecule has 0 aromatic heterocycles. The molecule has 1 aliphatic heterocycles. The lowest BCUT2D eigenvalue weighted by molar-refractivity contribution is 0.321. The van der Waals surface area contributed by atoms with Gasteiger partial charge in [0.05, 0.1) is 11.5 Å². The van der Waals surface area contributed by atoms with Crippen LogP contribution in [0.15, 0.2) is 47.4 Å². The van der Waals surface area contributed by atoms with E-state index >= 15 is 0 Å². The van der Waals surface area contributed by atoms with Crippen molar-refractivity contribution in [3.63, 3.8) is 0 Å². The van der Waals surface area contributed by atoms with Gasteiger partial charge in [-0.25, -0.2) is 17.2 Å². The van der Waals surface area contributed by atoms with Crippen LogP contribution in [-0.2, 0) is 10.0 Å². The fraction of sp³-hybridized carbons (Fsp3) is 0.400. The highest BCUT2D eigenvalue weighted by atomic mass is 32.2. The molecule has 0 saturated carbocycles. The third-order valence-electron chi connectivity index (χ3n) is 4.82. The number of sulfonamides is 1. The first-order chi connectivity index (χ1) is 12.9. The molecule has 0 radical (unpaired) electrons. The third kappa shape index (κ3) is 4.47. The van der Waals surface area contributed by atoms with Crippen LogP contribution >= 0.6 is 0 Å². The standard InChI is InChI=1S/C20H23F2NO3S/c1-2-26-20-11-10-18(13-19(20)22)27(24,25)23-12-4-3-5-16(14-23)15-6-8-17(21)9-7-15/h6-11,13,16H,2-5,12,14H2,1H3. The Morgan fingerprint density at radius 3 is 2.52 bits per heavy atom. The van der Waals surface area contributed by atoms with E-state index in [9.17, 15) is 17.2 Å². The van der Waals surface area contributed by atoms with Gasteiger partial charge in [0.25, 0.3) is 0 Å². The molecule has 7 heteroatoms. The molecule has 146 valence electrons. The van der Waals surface area contributed by atoms with E-state index < -0.39 is 15.8 Å². The number of ether oxygens (including phenoxy) is 1. The van der Waals surface area contributed by atoms with E-state index in [2.05, 4.69) is 0 Å².